The van der Waals surface area contributed by atoms with Crippen LogP contribution in [0.2, 0.25) is 0 Å². The van der Waals surface area contributed by atoms with E-state index >= 15 is 0 Å². The van der Waals surface area contributed by atoms with E-state index in [0.717, 1.165) is 22.4 Å². The van der Waals surface area contributed by atoms with Gasteiger partial charge in [0.1, 0.15) is 6.33 Å². The molecule has 30 heavy (non-hydrogen) atoms. The molecule has 0 saturated heterocycles. The van der Waals surface area contributed by atoms with Crippen LogP contribution < -0.4 is 4.90 Å². The average molecular weight is 417 g/mol. The maximum atomic E-state index is 12.4. The van der Waals surface area contributed by atoms with Crippen molar-refractivity contribution < 1.29 is 4.79 Å². The van der Waals surface area contributed by atoms with Crippen LogP contribution in [0, 0.1) is 13.8 Å². The molecule has 0 atom stereocenters. The molecule has 4 aromatic rings. The zero-order valence-corrected chi connectivity index (χ0v) is 17.7. The van der Waals surface area contributed by atoms with Gasteiger partial charge in [0, 0.05) is 17.9 Å². The second kappa shape index (κ2) is 8.38. The smallest absolute Gasteiger partial charge is 0.230 e. The number of rotatable bonds is 5. The Morgan fingerprint density at radius 1 is 1.10 bits per heavy atom. The highest BCUT2D eigenvalue weighted by Gasteiger charge is 2.21. The molecule has 7 nitrogen and oxygen atoms in total. The molecule has 2 heterocycles. The van der Waals surface area contributed by atoms with E-state index in [-0.39, 0.29) is 5.91 Å². The van der Waals surface area contributed by atoms with Gasteiger partial charge in [-0.2, -0.15) is 9.78 Å². The summed E-state index contributed by atoms with van der Waals surface area (Å²) in [7, 11) is 0. The molecule has 0 bridgehead atoms. The number of carbonyl (C=O) groups excluding carboxylic acids is 1. The van der Waals surface area contributed by atoms with E-state index in [2.05, 4.69) is 20.3 Å². The van der Waals surface area contributed by atoms with Crippen LogP contribution in [-0.4, -0.2) is 32.0 Å². The van der Waals surface area contributed by atoms with Crippen molar-refractivity contribution in [3.63, 3.8) is 0 Å². The molecule has 0 aliphatic carbocycles. The van der Waals surface area contributed by atoms with E-state index in [1.165, 1.54) is 11.3 Å². The average Bonchev–Trinajstić information content (AvgIpc) is 3.39. The fourth-order valence-corrected chi connectivity index (χ4v) is 4.02. The predicted molar refractivity (Wildman–Crippen MR) is 119 cm³/mol. The number of nitrogens with zero attached hydrogens (tertiary/aromatic N) is 6. The normalized spacial score (nSPS) is 11.2. The molecular formula is C22H20N6OS. The number of aromatic nitrogens is 4. The number of hydrogen-bond acceptors (Lipinski definition) is 6. The maximum Gasteiger partial charge on any atom is 0.230 e. The lowest BCUT2D eigenvalue weighted by molar-refractivity contribution is -0.115. The van der Waals surface area contributed by atoms with Crippen molar-refractivity contribution in [2.24, 2.45) is 5.10 Å². The number of thiazole rings is 1. The van der Waals surface area contributed by atoms with Crippen molar-refractivity contribution in [3.05, 3.63) is 77.1 Å². The summed E-state index contributed by atoms with van der Waals surface area (Å²) in [5.41, 5.74) is 4.48. The van der Waals surface area contributed by atoms with E-state index < -0.39 is 0 Å². The first-order valence-corrected chi connectivity index (χ1v) is 10.2. The number of carbonyl (C=O) groups is 1. The molecule has 4 rings (SSSR count). The third-order valence-corrected chi connectivity index (χ3v) is 5.40. The molecule has 8 heteroatoms. The van der Waals surface area contributed by atoms with Gasteiger partial charge in [0.05, 0.1) is 17.6 Å². The Bertz CT molecular complexity index is 1190. The largest absolute Gasteiger partial charge is 0.274 e. The van der Waals surface area contributed by atoms with Crippen molar-refractivity contribution in [2.45, 2.75) is 20.8 Å². The third-order valence-electron chi connectivity index (χ3n) is 4.56. The molecule has 1 amide bonds. The van der Waals surface area contributed by atoms with E-state index in [1.807, 2.05) is 67.8 Å². The summed E-state index contributed by atoms with van der Waals surface area (Å²) < 4.78 is 1.60. The number of hydrogen-bond donors (Lipinski definition) is 0. The molecule has 0 N–H and O–H groups in total. The summed E-state index contributed by atoms with van der Waals surface area (Å²) in [6.07, 6.45) is 3.18. The van der Waals surface area contributed by atoms with Crippen LogP contribution in [0.25, 0.3) is 11.4 Å². The molecule has 0 radical (unpaired) electrons. The van der Waals surface area contributed by atoms with Crippen molar-refractivity contribution >= 4 is 34.3 Å². The molecule has 0 spiro atoms. The predicted octanol–water partition coefficient (Wildman–Crippen LogP) is 4.59. The van der Waals surface area contributed by atoms with Gasteiger partial charge in [-0.25, -0.2) is 4.98 Å². The number of para-hydroxylation sites is 1. The van der Waals surface area contributed by atoms with Gasteiger partial charge in [0.25, 0.3) is 0 Å². The van der Waals surface area contributed by atoms with Gasteiger partial charge in [-0.15, -0.1) is 21.5 Å². The Hall–Kier alpha value is -3.65. The Morgan fingerprint density at radius 2 is 1.83 bits per heavy atom. The van der Waals surface area contributed by atoms with E-state index in [4.69, 9.17) is 0 Å². The SMILES string of the molecule is CC(=O)N(c1nc(/C=N\n2cnnc2-c2ccccc2)cs1)c1c(C)cccc1C. The van der Waals surface area contributed by atoms with Gasteiger partial charge >= 0.3 is 0 Å². The lowest BCUT2D eigenvalue weighted by atomic mass is 10.1. The van der Waals surface area contributed by atoms with Crippen LogP contribution in [0.3, 0.4) is 0 Å². The molecular weight excluding hydrogens is 396 g/mol. The zero-order chi connectivity index (χ0) is 21.1. The van der Waals surface area contributed by atoms with Crippen LogP contribution in [0.5, 0.6) is 0 Å². The van der Waals surface area contributed by atoms with Crippen LogP contribution in [0.15, 0.2) is 65.3 Å². The maximum absolute atomic E-state index is 12.4. The second-order valence-electron chi connectivity index (χ2n) is 6.76. The molecule has 150 valence electrons. The zero-order valence-electron chi connectivity index (χ0n) is 16.9. The molecule has 0 fully saturated rings. The molecule has 2 aromatic carbocycles. The Morgan fingerprint density at radius 3 is 2.53 bits per heavy atom. The first-order chi connectivity index (χ1) is 14.5. The molecule has 2 aromatic heterocycles. The van der Waals surface area contributed by atoms with Crippen LogP contribution in [-0.2, 0) is 4.79 Å². The number of amides is 1. The van der Waals surface area contributed by atoms with Gasteiger partial charge in [0.15, 0.2) is 11.0 Å². The highest BCUT2D eigenvalue weighted by Crippen LogP contribution is 2.33. The van der Waals surface area contributed by atoms with Gasteiger partial charge in [0.2, 0.25) is 5.91 Å². The first-order valence-electron chi connectivity index (χ1n) is 9.37. The number of anilines is 2. The number of aryl methyl sites for hydroxylation is 2. The van der Waals surface area contributed by atoms with Crippen molar-refractivity contribution in [1.82, 2.24) is 19.9 Å². The summed E-state index contributed by atoms with van der Waals surface area (Å²) >= 11 is 1.40. The fraction of sp³-hybridized carbons (Fsp3) is 0.136. The summed E-state index contributed by atoms with van der Waals surface area (Å²) in [4.78, 5) is 18.7. The van der Waals surface area contributed by atoms with Crippen molar-refractivity contribution in [3.8, 4) is 11.4 Å². The van der Waals surface area contributed by atoms with Gasteiger partial charge in [-0.1, -0.05) is 48.5 Å². The third kappa shape index (κ3) is 3.90. The Kier molecular flexibility index (Phi) is 5.49. The molecule has 0 unspecified atom stereocenters. The second-order valence-corrected chi connectivity index (χ2v) is 7.60. The Balaban J connectivity index is 1.63. The molecule has 0 aliphatic heterocycles. The summed E-state index contributed by atoms with van der Waals surface area (Å²) in [5.74, 6) is 0.554. The van der Waals surface area contributed by atoms with Crippen LogP contribution in [0.1, 0.15) is 23.7 Å². The first kappa shape index (κ1) is 19.7. The van der Waals surface area contributed by atoms with E-state index in [0.29, 0.717) is 16.6 Å². The summed E-state index contributed by atoms with van der Waals surface area (Å²) in [5, 5.41) is 15.0. The Labute approximate surface area is 178 Å². The minimum absolute atomic E-state index is 0.0876. The summed E-state index contributed by atoms with van der Waals surface area (Å²) in [6.45, 7) is 5.53. The fourth-order valence-electron chi connectivity index (χ4n) is 3.20. The minimum atomic E-state index is -0.0876. The standard InChI is InChI=1S/C22H20N6OS/c1-15-8-7-9-16(2)20(15)28(17(3)29)22-25-19(13-30-22)12-24-27-14-23-26-21(27)18-10-5-4-6-11-18/h4-14H,1-3H3/b24-12-. The quantitative estimate of drug-likeness (QED) is 0.446. The summed E-state index contributed by atoms with van der Waals surface area (Å²) in [6, 6.07) is 15.7. The van der Waals surface area contributed by atoms with Gasteiger partial charge in [-0.05, 0) is 25.0 Å². The topological polar surface area (TPSA) is 76.3 Å². The molecule has 0 saturated carbocycles. The van der Waals surface area contributed by atoms with Gasteiger partial charge in [-0.3, -0.25) is 9.69 Å². The van der Waals surface area contributed by atoms with Crippen molar-refractivity contribution in [1.29, 1.82) is 0 Å². The minimum Gasteiger partial charge on any atom is -0.274 e. The van der Waals surface area contributed by atoms with E-state index in [1.54, 1.807) is 29.0 Å². The van der Waals surface area contributed by atoms with Crippen molar-refractivity contribution in [2.75, 3.05) is 4.90 Å². The highest BCUT2D eigenvalue weighted by molar-refractivity contribution is 7.14. The lowest BCUT2D eigenvalue weighted by Gasteiger charge is -2.22. The lowest BCUT2D eigenvalue weighted by Crippen LogP contribution is -2.24. The molecule has 0 aliphatic rings. The number of benzene rings is 2. The van der Waals surface area contributed by atoms with Crippen LogP contribution >= 0.6 is 11.3 Å². The van der Waals surface area contributed by atoms with Gasteiger partial charge < -0.3 is 0 Å². The monoisotopic (exact) mass is 416 g/mol. The highest BCUT2D eigenvalue weighted by atomic mass is 32.1. The van der Waals surface area contributed by atoms with Crippen LogP contribution in [0.4, 0.5) is 10.8 Å². The van der Waals surface area contributed by atoms with E-state index in [9.17, 15) is 4.79 Å².